The smallest absolute Gasteiger partial charge is 0.268 e. The Morgan fingerprint density at radius 1 is 1.14 bits per heavy atom. The number of H-pyrrole nitrogens is 2. The van der Waals surface area contributed by atoms with Crippen LogP contribution in [-0.4, -0.2) is 41.0 Å². The van der Waals surface area contributed by atoms with E-state index in [0.717, 1.165) is 0 Å². The lowest BCUT2D eigenvalue weighted by Gasteiger charge is -2.17. The van der Waals surface area contributed by atoms with E-state index in [0.29, 0.717) is 22.6 Å². The van der Waals surface area contributed by atoms with Gasteiger partial charge in [-0.15, -0.1) is 0 Å². The van der Waals surface area contributed by atoms with Gasteiger partial charge in [-0.05, 0) is 18.2 Å². The molecule has 2 aromatic carbocycles. The third kappa shape index (κ3) is 3.54. The van der Waals surface area contributed by atoms with Crippen molar-refractivity contribution in [2.24, 2.45) is 0 Å². The van der Waals surface area contributed by atoms with Crippen molar-refractivity contribution in [2.75, 3.05) is 20.8 Å². The third-order valence-electron chi connectivity index (χ3n) is 4.48. The molecule has 0 aliphatic carbocycles. The van der Waals surface area contributed by atoms with E-state index in [1.165, 1.54) is 20.3 Å². The summed E-state index contributed by atoms with van der Waals surface area (Å²) in [6.07, 6.45) is 0. The normalized spacial score (nSPS) is 11.8. The number of hydrogen-bond acceptors (Lipinski definition) is 6. The number of nitrogens with zero attached hydrogens (tertiary/aromatic N) is 1. The molecular formula is C19H19N3O6. The maximum Gasteiger partial charge on any atom is 0.268 e. The van der Waals surface area contributed by atoms with Crippen molar-refractivity contribution < 1.29 is 19.5 Å². The fourth-order valence-corrected chi connectivity index (χ4v) is 3.20. The van der Waals surface area contributed by atoms with Crippen LogP contribution in [0.25, 0.3) is 11.3 Å². The van der Waals surface area contributed by atoms with Crippen LogP contribution in [0.2, 0.25) is 0 Å². The first kappa shape index (κ1) is 19.0. The highest BCUT2D eigenvalue weighted by Crippen LogP contribution is 2.38. The highest BCUT2D eigenvalue weighted by molar-refractivity contribution is 5.70. The highest BCUT2D eigenvalue weighted by Gasteiger charge is 2.31. The zero-order chi connectivity index (χ0) is 20.3. The minimum Gasteiger partial charge on any atom is -0.507 e. The lowest BCUT2D eigenvalue weighted by molar-refractivity contribution is -0.481. The number of phenolic OH excluding ortho intramolecular Hbond substituents is 1. The molecule has 146 valence electrons. The van der Waals surface area contributed by atoms with Gasteiger partial charge in [0.1, 0.15) is 17.2 Å². The van der Waals surface area contributed by atoms with Crippen molar-refractivity contribution in [2.45, 2.75) is 5.92 Å². The molecule has 0 aliphatic rings. The number of methoxy groups -OCH3 is 2. The number of rotatable bonds is 7. The molecule has 0 saturated heterocycles. The van der Waals surface area contributed by atoms with Gasteiger partial charge in [0.25, 0.3) is 5.56 Å². The number of nitro groups is 1. The van der Waals surface area contributed by atoms with E-state index in [1.54, 1.807) is 36.4 Å². The maximum atomic E-state index is 12.6. The summed E-state index contributed by atoms with van der Waals surface area (Å²) in [5.41, 5.74) is 0.732. The largest absolute Gasteiger partial charge is 0.507 e. The average Bonchev–Trinajstić information content (AvgIpc) is 3.07. The van der Waals surface area contributed by atoms with Gasteiger partial charge < -0.3 is 14.6 Å². The van der Waals surface area contributed by atoms with Crippen molar-refractivity contribution in [3.63, 3.8) is 0 Å². The van der Waals surface area contributed by atoms with Gasteiger partial charge in [0.15, 0.2) is 0 Å². The molecule has 28 heavy (non-hydrogen) atoms. The average molecular weight is 385 g/mol. The number of hydrogen-bond donors (Lipinski definition) is 3. The van der Waals surface area contributed by atoms with Gasteiger partial charge in [0, 0.05) is 22.1 Å². The zero-order valence-corrected chi connectivity index (χ0v) is 15.3. The number of aromatic hydroxyl groups is 1. The van der Waals surface area contributed by atoms with E-state index < -0.39 is 22.9 Å². The molecule has 1 aromatic heterocycles. The Bertz CT molecular complexity index is 1060. The summed E-state index contributed by atoms with van der Waals surface area (Å²) >= 11 is 0. The van der Waals surface area contributed by atoms with Gasteiger partial charge in [-0.25, -0.2) is 0 Å². The predicted molar refractivity (Wildman–Crippen MR) is 102 cm³/mol. The molecule has 0 bridgehead atoms. The number of ether oxygens (including phenoxy) is 2. The van der Waals surface area contributed by atoms with Crippen LogP contribution in [0.15, 0.2) is 47.3 Å². The number of aromatic nitrogens is 2. The second-order valence-corrected chi connectivity index (χ2v) is 6.06. The molecule has 9 heteroatoms. The zero-order valence-electron chi connectivity index (χ0n) is 15.3. The molecule has 3 rings (SSSR count). The molecule has 9 nitrogen and oxygen atoms in total. The lowest BCUT2D eigenvalue weighted by Crippen LogP contribution is -2.21. The lowest BCUT2D eigenvalue weighted by atomic mass is 9.88. The SMILES string of the molecule is COc1ccc(C(C[N+](=O)[O-])c2c(-c3ccccc3O)[nH][nH]c2=O)c(OC)c1. The van der Waals surface area contributed by atoms with Crippen LogP contribution in [0.3, 0.4) is 0 Å². The number of para-hydroxylation sites is 1. The fourth-order valence-electron chi connectivity index (χ4n) is 3.20. The number of aromatic amines is 2. The van der Waals surface area contributed by atoms with Gasteiger partial charge in [0.2, 0.25) is 6.54 Å². The van der Waals surface area contributed by atoms with Crippen LogP contribution in [-0.2, 0) is 0 Å². The van der Waals surface area contributed by atoms with E-state index in [1.807, 2.05) is 0 Å². The Hall–Kier alpha value is -3.75. The van der Waals surface area contributed by atoms with Crippen molar-refractivity contribution in [1.29, 1.82) is 0 Å². The van der Waals surface area contributed by atoms with Crippen molar-refractivity contribution >= 4 is 0 Å². The quantitative estimate of drug-likeness (QED) is 0.423. The van der Waals surface area contributed by atoms with Gasteiger partial charge in [-0.2, -0.15) is 0 Å². The molecule has 3 aromatic rings. The van der Waals surface area contributed by atoms with Gasteiger partial charge in [0.05, 0.1) is 31.4 Å². The van der Waals surface area contributed by atoms with Crippen molar-refractivity contribution in [3.05, 3.63) is 74.1 Å². The summed E-state index contributed by atoms with van der Waals surface area (Å²) < 4.78 is 10.6. The Morgan fingerprint density at radius 2 is 1.89 bits per heavy atom. The standard InChI is InChI=1S/C19H19N3O6/c1-27-11-7-8-12(16(9-11)28-2)14(10-22(25)26)17-18(20-21-19(17)24)13-5-3-4-6-15(13)23/h3-9,14,23H,10H2,1-2H3,(H2,20,21,24). The number of benzene rings is 2. The van der Waals surface area contributed by atoms with Gasteiger partial charge in [-0.1, -0.05) is 18.2 Å². The van der Waals surface area contributed by atoms with Gasteiger partial charge in [-0.3, -0.25) is 25.1 Å². The topological polar surface area (TPSA) is 130 Å². The fraction of sp³-hybridized carbons (Fsp3) is 0.211. The van der Waals surface area contributed by atoms with Crippen LogP contribution in [0.4, 0.5) is 0 Å². The van der Waals surface area contributed by atoms with E-state index >= 15 is 0 Å². The monoisotopic (exact) mass is 385 g/mol. The van der Waals surface area contributed by atoms with Crippen LogP contribution in [0, 0.1) is 10.1 Å². The predicted octanol–water partition coefficient (Wildman–Crippen LogP) is 2.50. The second-order valence-electron chi connectivity index (χ2n) is 6.06. The summed E-state index contributed by atoms with van der Waals surface area (Å²) in [4.78, 5) is 23.5. The van der Waals surface area contributed by atoms with E-state index in [2.05, 4.69) is 10.2 Å². The molecule has 0 saturated carbocycles. The van der Waals surface area contributed by atoms with E-state index in [9.17, 15) is 20.0 Å². The molecule has 0 spiro atoms. The van der Waals surface area contributed by atoms with Crippen LogP contribution >= 0.6 is 0 Å². The molecule has 0 aliphatic heterocycles. The Morgan fingerprint density at radius 3 is 2.54 bits per heavy atom. The van der Waals surface area contributed by atoms with Gasteiger partial charge >= 0.3 is 0 Å². The number of phenols is 1. The van der Waals surface area contributed by atoms with E-state index in [-0.39, 0.29) is 17.0 Å². The summed E-state index contributed by atoms with van der Waals surface area (Å²) in [6, 6.07) is 11.3. The van der Waals surface area contributed by atoms with Crippen molar-refractivity contribution in [1.82, 2.24) is 10.2 Å². The third-order valence-corrected chi connectivity index (χ3v) is 4.48. The minimum atomic E-state index is -0.916. The summed E-state index contributed by atoms with van der Waals surface area (Å²) in [5, 5.41) is 26.8. The molecule has 0 amide bonds. The molecule has 0 radical (unpaired) electrons. The first-order chi connectivity index (χ1) is 13.5. The Kier molecular flexibility index (Phi) is 5.35. The van der Waals surface area contributed by atoms with Crippen LogP contribution in [0.1, 0.15) is 17.0 Å². The van der Waals surface area contributed by atoms with Crippen LogP contribution < -0.4 is 15.0 Å². The first-order valence-corrected chi connectivity index (χ1v) is 8.38. The Balaban J connectivity index is 2.23. The molecule has 1 heterocycles. The molecule has 1 atom stereocenters. The molecule has 0 fully saturated rings. The second kappa shape index (κ2) is 7.87. The van der Waals surface area contributed by atoms with Crippen molar-refractivity contribution in [3.8, 4) is 28.5 Å². The summed E-state index contributed by atoms with van der Waals surface area (Å²) in [6.45, 7) is -0.537. The number of nitrogens with one attached hydrogen (secondary N) is 2. The summed E-state index contributed by atoms with van der Waals surface area (Å²) in [7, 11) is 2.93. The molecule has 1 unspecified atom stereocenters. The summed E-state index contributed by atoms with van der Waals surface area (Å²) in [5.74, 6) is -0.0968. The first-order valence-electron chi connectivity index (χ1n) is 8.38. The maximum absolute atomic E-state index is 12.6. The highest BCUT2D eigenvalue weighted by atomic mass is 16.6. The minimum absolute atomic E-state index is 0.0550. The molecule has 3 N–H and O–H groups in total. The molecular weight excluding hydrogens is 366 g/mol. The Labute approximate surface area is 159 Å². The van der Waals surface area contributed by atoms with Crippen LogP contribution in [0.5, 0.6) is 17.2 Å². The van der Waals surface area contributed by atoms with E-state index in [4.69, 9.17) is 9.47 Å².